The molecule has 0 saturated heterocycles. The van der Waals surface area contributed by atoms with Gasteiger partial charge in [0, 0.05) is 0 Å². The summed E-state index contributed by atoms with van der Waals surface area (Å²) in [7, 11) is 1.27. The van der Waals surface area contributed by atoms with Crippen molar-refractivity contribution < 1.29 is 23.8 Å². The third kappa shape index (κ3) is 4.93. The van der Waals surface area contributed by atoms with Gasteiger partial charge in [-0.15, -0.1) is 0 Å². The average molecular weight is 405 g/mol. The molecule has 25 heavy (non-hydrogen) atoms. The first-order chi connectivity index (χ1) is 12.1. The fraction of sp³-hybridized carbons (Fsp3) is 0.158. The molecule has 130 valence electrons. The zero-order valence-electron chi connectivity index (χ0n) is 13.7. The molecule has 0 amide bonds. The van der Waals surface area contributed by atoms with Crippen LogP contribution < -0.4 is 4.74 Å². The maximum Gasteiger partial charge on any atom is 0.342 e. The van der Waals surface area contributed by atoms with Crippen LogP contribution in [0.5, 0.6) is 5.75 Å². The van der Waals surface area contributed by atoms with Gasteiger partial charge in [0.15, 0.2) is 0 Å². The van der Waals surface area contributed by atoms with Crippen LogP contribution >= 0.6 is 15.9 Å². The Bertz CT molecular complexity index is 771. The third-order valence-electron chi connectivity index (χ3n) is 3.24. The Morgan fingerprint density at radius 2 is 1.88 bits per heavy atom. The fourth-order valence-electron chi connectivity index (χ4n) is 2.07. The SMILES string of the molecule is C=CCOc1c(Br)cc(C(=O)OC)cc1C(=O)OCc1ccccc1. The smallest absolute Gasteiger partial charge is 0.342 e. The molecule has 2 aromatic carbocycles. The van der Waals surface area contributed by atoms with Gasteiger partial charge in [0.1, 0.15) is 24.5 Å². The molecule has 0 fully saturated rings. The number of halogens is 1. The summed E-state index contributed by atoms with van der Waals surface area (Å²) in [6.07, 6.45) is 1.56. The lowest BCUT2D eigenvalue weighted by atomic mass is 10.1. The van der Waals surface area contributed by atoms with Gasteiger partial charge in [-0.1, -0.05) is 43.0 Å². The van der Waals surface area contributed by atoms with Crippen LogP contribution in [0.25, 0.3) is 0 Å². The van der Waals surface area contributed by atoms with Gasteiger partial charge < -0.3 is 14.2 Å². The highest BCUT2D eigenvalue weighted by atomic mass is 79.9. The van der Waals surface area contributed by atoms with E-state index in [0.29, 0.717) is 4.47 Å². The summed E-state index contributed by atoms with van der Waals surface area (Å²) in [4.78, 5) is 24.3. The molecule has 0 N–H and O–H groups in total. The van der Waals surface area contributed by atoms with Crippen LogP contribution in [0.2, 0.25) is 0 Å². The molecule has 0 aliphatic heterocycles. The number of esters is 2. The number of methoxy groups -OCH3 is 1. The third-order valence-corrected chi connectivity index (χ3v) is 3.83. The van der Waals surface area contributed by atoms with E-state index in [9.17, 15) is 9.59 Å². The maximum atomic E-state index is 12.5. The van der Waals surface area contributed by atoms with E-state index in [1.165, 1.54) is 19.2 Å². The zero-order chi connectivity index (χ0) is 18.2. The van der Waals surface area contributed by atoms with E-state index in [1.807, 2.05) is 30.3 Å². The summed E-state index contributed by atoms with van der Waals surface area (Å²) >= 11 is 3.32. The minimum Gasteiger partial charge on any atom is -0.487 e. The fourth-order valence-corrected chi connectivity index (χ4v) is 2.65. The Labute approximate surface area is 154 Å². The predicted octanol–water partition coefficient (Wildman–Crippen LogP) is 4.16. The second-order valence-electron chi connectivity index (χ2n) is 4.99. The minimum absolute atomic E-state index is 0.112. The van der Waals surface area contributed by atoms with Gasteiger partial charge >= 0.3 is 11.9 Å². The van der Waals surface area contributed by atoms with Crippen LogP contribution in [0.15, 0.2) is 59.6 Å². The molecule has 0 bridgehead atoms. The lowest BCUT2D eigenvalue weighted by Crippen LogP contribution is -2.11. The number of carbonyl (C=O) groups excluding carboxylic acids is 2. The number of benzene rings is 2. The molecule has 0 aliphatic rings. The van der Waals surface area contributed by atoms with E-state index in [0.717, 1.165) is 5.56 Å². The highest BCUT2D eigenvalue weighted by molar-refractivity contribution is 9.10. The van der Waals surface area contributed by atoms with Gasteiger partial charge in [0.2, 0.25) is 0 Å². The molecule has 0 atom stereocenters. The Morgan fingerprint density at radius 3 is 2.52 bits per heavy atom. The summed E-state index contributed by atoms with van der Waals surface area (Å²) in [5.41, 5.74) is 1.20. The van der Waals surface area contributed by atoms with Crippen molar-refractivity contribution in [3.8, 4) is 5.75 Å². The lowest BCUT2D eigenvalue weighted by molar-refractivity contribution is 0.0468. The molecule has 0 spiro atoms. The molecule has 6 heteroatoms. The van der Waals surface area contributed by atoms with Crippen molar-refractivity contribution in [2.75, 3.05) is 13.7 Å². The molecule has 5 nitrogen and oxygen atoms in total. The van der Waals surface area contributed by atoms with E-state index in [2.05, 4.69) is 22.5 Å². The largest absolute Gasteiger partial charge is 0.487 e. The monoisotopic (exact) mass is 404 g/mol. The Morgan fingerprint density at radius 1 is 1.16 bits per heavy atom. The summed E-state index contributed by atoms with van der Waals surface area (Å²) in [5, 5.41) is 0. The predicted molar refractivity (Wildman–Crippen MR) is 96.7 cm³/mol. The number of ether oxygens (including phenoxy) is 3. The number of hydrogen-bond donors (Lipinski definition) is 0. The maximum absolute atomic E-state index is 12.5. The van der Waals surface area contributed by atoms with Crippen molar-refractivity contribution in [3.63, 3.8) is 0 Å². The first kappa shape index (κ1) is 18.7. The molecule has 0 aromatic heterocycles. The number of carbonyl (C=O) groups is 2. The van der Waals surface area contributed by atoms with Crippen molar-refractivity contribution in [2.45, 2.75) is 6.61 Å². The second-order valence-corrected chi connectivity index (χ2v) is 5.84. The molecular weight excluding hydrogens is 388 g/mol. The van der Waals surface area contributed by atoms with Crippen LogP contribution in [0.3, 0.4) is 0 Å². The number of hydrogen-bond acceptors (Lipinski definition) is 5. The van der Waals surface area contributed by atoms with Gasteiger partial charge in [-0.05, 0) is 33.6 Å². The highest BCUT2D eigenvalue weighted by Crippen LogP contribution is 2.32. The van der Waals surface area contributed by atoms with Crippen molar-refractivity contribution in [1.82, 2.24) is 0 Å². The van der Waals surface area contributed by atoms with Crippen LogP contribution in [-0.2, 0) is 16.1 Å². The van der Waals surface area contributed by atoms with Crippen molar-refractivity contribution >= 4 is 27.9 Å². The first-order valence-corrected chi connectivity index (χ1v) is 8.22. The normalized spacial score (nSPS) is 10.0. The average Bonchev–Trinajstić information content (AvgIpc) is 2.64. The second kappa shape index (κ2) is 9.03. The zero-order valence-corrected chi connectivity index (χ0v) is 15.2. The molecule has 0 heterocycles. The Balaban J connectivity index is 2.30. The van der Waals surface area contributed by atoms with E-state index in [1.54, 1.807) is 6.08 Å². The van der Waals surface area contributed by atoms with Crippen LogP contribution in [0.1, 0.15) is 26.3 Å². The molecule has 0 radical (unpaired) electrons. The van der Waals surface area contributed by atoms with Crippen molar-refractivity contribution in [1.29, 1.82) is 0 Å². The summed E-state index contributed by atoms with van der Waals surface area (Å²) < 4.78 is 16.0. The van der Waals surface area contributed by atoms with Gasteiger partial charge in [0.25, 0.3) is 0 Å². The summed E-state index contributed by atoms with van der Waals surface area (Å²) in [5.74, 6) is -0.881. The first-order valence-electron chi connectivity index (χ1n) is 7.43. The van der Waals surface area contributed by atoms with Crippen molar-refractivity contribution in [3.05, 3.63) is 76.3 Å². The molecule has 2 aromatic rings. The molecule has 0 unspecified atom stereocenters. The quantitative estimate of drug-likeness (QED) is 0.512. The van der Waals surface area contributed by atoms with Crippen LogP contribution in [0.4, 0.5) is 0 Å². The van der Waals surface area contributed by atoms with Gasteiger partial charge in [-0.3, -0.25) is 0 Å². The van der Waals surface area contributed by atoms with Crippen LogP contribution in [-0.4, -0.2) is 25.7 Å². The highest BCUT2D eigenvalue weighted by Gasteiger charge is 2.21. The van der Waals surface area contributed by atoms with Gasteiger partial charge in [-0.25, -0.2) is 9.59 Å². The molecule has 2 rings (SSSR count). The topological polar surface area (TPSA) is 61.8 Å². The molecular formula is C19H17BrO5. The van der Waals surface area contributed by atoms with E-state index >= 15 is 0 Å². The van der Waals surface area contributed by atoms with E-state index < -0.39 is 11.9 Å². The minimum atomic E-state index is -0.602. The molecule has 0 saturated carbocycles. The Hall–Kier alpha value is -2.60. The lowest BCUT2D eigenvalue weighted by Gasteiger charge is -2.13. The number of rotatable bonds is 7. The van der Waals surface area contributed by atoms with E-state index in [-0.39, 0.29) is 30.1 Å². The van der Waals surface area contributed by atoms with Crippen molar-refractivity contribution in [2.24, 2.45) is 0 Å². The summed E-state index contributed by atoms with van der Waals surface area (Å²) in [6, 6.07) is 12.2. The van der Waals surface area contributed by atoms with E-state index in [4.69, 9.17) is 14.2 Å². The van der Waals surface area contributed by atoms with Crippen LogP contribution in [0, 0.1) is 0 Å². The van der Waals surface area contributed by atoms with Gasteiger partial charge in [-0.2, -0.15) is 0 Å². The van der Waals surface area contributed by atoms with Gasteiger partial charge in [0.05, 0.1) is 17.1 Å². The molecule has 0 aliphatic carbocycles. The Kier molecular flexibility index (Phi) is 6.77. The summed E-state index contributed by atoms with van der Waals surface area (Å²) in [6.45, 7) is 3.90. The standard InChI is InChI=1S/C19H17BrO5/c1-3-9-24-17-15(10-14(11-16(17)20)18(21)23-2)19(22)25-12-13-7-5-4-6-8-13/h3-8,10-11H,1,9,12H2,2H3.